The number of nitrogens with zero attached hydrogens (tertiary/aromatic N) is 2. The molecule has 5 heteroatoms. The van der Waals surface area contributed by atoms with Crippen LogP contribution < -0.4 is 10.6 Å². The molecule has 29 heavy (non-hydrogen) atoms. The Balaban J connectivity index is 1.51. The van der Waals surface area contributed by atoms with Crippen LogP contribution in [-0.4, -0.2) is 47.5 Å². The fourth-order valence-electron chi connectivity index (χ4n) is 5.66. The monoisotopic (exact) mass is 390 g/mol. The van der Waals surface area contributed by atoms with Crippen molar-refractivity contribution in [3.63, 3.8) is 0 Å². The third-order valence-corrected chi connectivity index (χ3v) is 7.23. The van der Waals surface area contributed by atoms with Crippen LogP contribution in [-0.2, 0) is 4.79 Å². The molecule has 4 saturated heterocycles. The van der Waals surface area contributed by atoms with Crippen molar-refractivity contribution in [2.45, 2.75) is 43.8 Å². The molecule has 152 valence electrons. The second kappa shape index (κ2) is 7.88. The van der Waals surface area contributed by atoms with E-state index >= 15 is 0 Å². The minimum Gasteiger partial charge on any atom is -0.346 e. The van der Waals surface area contributed by atoms with Gasteiger partial charge < -0.3 is 10.6 Å². The third-order valence-electron chi connectivity index (χ3n) is 7.23. The summed E-state index contributed by atoms with van der Waals surface area (Å²) in [7, 11) is 0. The van der Waals surface area contributed by atoms with Crippen LogP contribution in [0.3, 0.4) is 0 Å². The molecule has 2 bridgehead atoms. The Kier molecular flexibility index (Phi) is 5.10. The molecule has 5 nitrogen and oxygen atoms in total. The molecule has 6 rings (SSSR count). The molecule has 0 aliphatic carbocycles. The van der Waals surface area contributed by atoms with Gasteiger partial charge in [0.2, 0.25) is 5.91 Å². The van der Waals surface area contributed by atoms with E-state index in [1.807, 2.05) is 12.3 Å². The van der Waals surface area contributed by atoms with Gasteiger partial charge in [0.1, 0.15) is 0 Å². The predicted molar refractivity (Wildman–Crippen MR) is 115 cm³/mol. The van der Waals surface area contributed by atoms with E-state index < -0.39 is 0 Å². The zero-order chi connectivity index (χ0) is 19.8. The summed E-state index contributed by atoms with van der Waals surface area (Å²) in [5, 5.41) is 7.95. The van der Waals surface area contributed by atoms with Crippen LogP contribution in [0, 0.1) is 11.8 Å². The van der Waals surface area contributed by atoms with Crippen LogP contribution in [0.4, 0.5) is 0 Å². The summed E-state index contributed by atoms with van der Waals surface area (Å²) in [5.41, 5.74) is 2.18. The average molecular weight is 391 g/mol. The van der Waals surface area contributed by atoms with Crippen molar-refractivity contribution in [3.8, 4) is 0 Å². The highest BCUT2D eigenvalue weighted by Gasteiger charge is 2.43. The number of hydrogen-bond acceptors (Lipinski definition) is 4. The van der Waals surface area contributed by atoms with Gasteiger partial charge in [-0.1, -0.05) is 24.3 Å². The number of carbonyl (C=O) groups excluding carboxylic acids is 1. The lowest BCUT2D eigenvalue weighted by Crippen LogP contribution is -2.58. The van der Waals surface area contributed by atoms with Gasteiger partial charge in [-0.2, -0.15) is 0 Å². The Morgan fingerprint density at radius 2 is 2.21 bits per heavy atom. The number of benzene rings is 1. The standard InChI is InChI=1S/C24H30N4O/c1-2-16-15-28-13-10-17(16)14-22(28)23(27-24(29)21-8-5-11-25-21)19-9-12-26-20-7-4-3-6-18(19)20/h2-4,6-7,9,12,16-17,21-23,25H,1,5,8,10-11,13-15H2,(H,27,29)/t16?,17?,21-,22+,23+/m1/s1. The minimum absolute atomic E-state index is 0.0219. The van der Waals surface area contributed by atoms with Crippen LogP contribution in [0.5, 0.6) is 0 Å². The first-order chi connectivity index (χ1) is 14.2. The number of fused-ring (bicyclic) bond motifs is 4. The first-order valence-electron chi connectivity index (χ1n) is 11.0. The number of rotatable bonds is 5. The van der Waals surface area contributed by atoms with Gasteiger partial charge in [-0.15, -0.1) is 6.58 Å². The van der Waals surface area contributed by atoms with Crippen LogP contribution >= 0.6 is 0 Å². The van der Waals surface area contributed by atoms with Crippen LogP contribution in [0.2, 0.25) is 0 Å². The van der Waals surface area contributed by atoms with Crippen molar-refractivity contribution >= 4 is 16.8 Å². The normalized spacial score (nSPS) is 32.2. The highest BCUT2D eigenvalue weighted by molar-refractivity contribution is 5.85. The van der Waals surface area contributed by atoms with Gasteiger partial charge in [0, 0.05) is 24.2 Å². The molecule has 4 aliphatic rings. The van der Waals surface area contributed by atoms with E-state index in [-0.39, 0.29) is 18.0 Å². The maximum atomic E-state index is 13.1. The molecule has 0 spiro atoms. The van der Waals surface area contributed by atoms with Crippen LogP contribution in [0.25, 0.3) is 10.9 Å². The average Bonchev–Trinajstić information content (AvgIpc) is 3.32. The zero-order valence-corrected chi connectivity index (χ0v) is 16.9. The molecule has 4 aliphatic heterocycles. The molecule has 0 radical (unpaired) electrons. The highest BCUT2D eigenvalue weighted by atomic mass is 16.2. The Bertz CT molecular complexity index is 901. The van der Waals surface area contributed by atoms with E-state index in [9.17, 15) is 4.79 Å². The van der Waals surface area contributed by atoms with E-state index in [1.54, 1.807) is 0 Å². The Morgan fingerprint density at radius 3 is 2.97 bits per heavy atom. The second-order valence-electron chi connectivity index (χ2n) is 8.80. The quantitative estimate of drug-likeness (QED) is 0.771. The lowest BCUT2D eigenvalue weighted by molar-refractivity contribution is -0.124. The summed E-state index contributed by atoms with van der Waals surface area (Å²) < 4.78 is 0. The van der Waals surface area contributed by atoms with Crippen molar-refractivity contribution in [3.05, 3.63) is 54.7 Å². The van der Waals surface area contributed by atoms with Crippen LogP contribution in [0.1, 0.15) is 37.3 Å². The number of pyridine rings is 1. The molecule has 3 unspecified atom stereocenters. The van der Waals surface area contributed by atoms with E-state index in [0.29, 0.717) is 17.9 Å². The van der Waals surface area contributed by atoms with Crippen molar-refractivity contribution in [2.75, 3.05) is 19.6 Å². The van der Waals surface area contributed by atoms with E-state index in [2.05, 4.69) is 57.4 Å². The van der Waals surface area contributed by atoms with Gasteiger partial charge in [0.25, 0.3) is 0 Å². The molecule has 1 aromatic heterocycles. The van der Waals surface area contributed by atoms with Gasteiger partial charge in [0.15, 0.2) is 0 Å². The Hall–Kier alpha value is -2.24. The van der Waals surface area contributed by atoms with Gasteiger partial charge in [-0.05, 0) is 68.3 Å². The topological polar surface area (TPSA) is 57.3 Å². The number of nitrogens with one attached hydrogen (secondary N) is 2. The predicted octanol–water partition coefficient (Wildman–Crippen LogP) is 3.04. The fourth-order valence-corrected chi connectivity index (χ4v) is 5.66. The van der Waals surface area contributed by atoms with Crippen molar-refractivity contribution < 1.29 is 4.79 Å². The SMILES string of the molecule is C=CC1CN2CCC1C[C@H]2[C@@H](NC(=O)[C@H]1CCCN1)c1ccnc2ccccc12. The van der Waals surface area contributed by atoms with Gasteiger partial charge >= 0.3 is 0 Å². The molecular weight excluding hydrogens is 360 g/mol. The summed E-state index contributed by atoms with van der Waals surface area (Å²) in [4.78, 5) is 20.2. The van der Waals surface area contributed by atoms with Gasteiger partial charge in [-0.25, -0.2) is 0 Å². The molecule has 2 aromatic rings. The molecule has 1 amide bonds. The summed E-state index contributed by atoms with van der Waals surface area (Å²) in [5.74, 6) is 1.37. The first kappa shape index (κ1) is 18.8. The van der Waals surface area contributed by atoms with Gasteiger partial charge in [0.05, 0.1) is 17.6 Å². The Labute approximate surface area is 172 Å². The molecule has 0 saturated carbocycles. The molecule has 5 heterocycles. The van der Waals surface area contributed by atoms with Crippen molar-refractivity contribution in [1.29, 1.82) is 0 Å². The molecule has 2 N–H and O–H groups in total. The van der Waals surface area contributed by atoms with Crippen LogP contribution in [0.15, 0.2) is 49.2 Å². The Morgan fingerprint density at radius 1 is 1.31 bits per heavy atom. The smallest absolute Gasteiger partial charge is 0.237 e. The number of carbonyl (C=O) groups is 1. The van der Waals surface area contributed by atoms with E-state index in [0.717, 1.165) is 49.8 Å². The zero-order valence-electron chi connectivity index (χ0n) is 16.9. The van der Waals surface area contributed by atoms with Gasteiger partial charge in [-0.3, -0.25) is 14.7 Å². The number of aromatic nitrogens is 1. The molecule has 1 aromatic carbocycles. The summed E-state index contributed by atoms with van der Waals surface area (Å²) >= 11 is 0. The molecule has 6 atom stereocenters. The number of amides is 1. The number of hydrogen-bond donors (Lipinski definition) is 2. The van der Waals surface area contributed by atoms with Crippen molar-refractivity contribution in [1.82, 2.24) is 20.5 Å². The second-order valence-corrected chi connectivity index (χ2v) is 8.80. The largest absolute Gasteiger partial charge is 0.346 e. The number of para-hydroxylation sites is 1. The fraction of sp³-hybridized carbons (Fsp3) is 0.500. The maximum absolute atomic E-state index is 13.1. The lowest BCUT2D eigenvalue weighted by atomic mass is 9.73. The van der Waals surface area contributed by atoms with Crippen molar-refractivity contribution in [2.24, 2.45) is 11.8 Å². The lowest BCUT2D eigenvalue weighted by Gasteiger charge is -2.51. The maximum Gasteiger partial charge on any atom is 0.237 e. The molecular formula is C24H30N4O. The third kappa shape index (κ3) is 3.47. The summed E-state index contributed by atoms with van der Waals surface area (Å²) in [6.45, 7) is 7.15. The van der Waals surface area contributed by atoms with E-state index in [4.69, 9.17) is 0 Å². The molecule has 4 fully saturated rings. The summed E-state index contributed by atoms with van der Waals surface area (Å²) in [6.07, 6.45) is 8.34. The minimum atomic E-state index is -0.0673. The van der Waals surface area contributed by atoms with E-state index in [1.165, 1.54) is 12.0 Å². The number of piperidine rings is 3. The highest BCUT2D eigenvalue weighted by Crippen LogP contribution is 2.42. The summed E-state index contributed by atoms with van der Waals surface area (Å²) in [6, 6.07) is 10.6. The first-order valence-corrected chi connectivity index (χ1v) is 11.0.